The largest absolute Gasteiger partial charge is 0.486 e. The molecule has 0 amide bonds. The average molecular weight is 289 g/mol. The number of ether oxygens (including phenoxy) is 1. The Bertz CT molecular complexity index is 755. The normalized spacial score (nSPS) is 10.9. The van der Waals surface area contributed by atoms with Crippen molar-refractivity contribution >= 4 is 17.2 Å². The molecule has 0 aliphatic rings. The van der Waals surface area contributed by atoms with E-state index >= 15 is 0 Å². The van der Waals surface area contributed by atoms with Gasteiger partial charge in [-0.2, -0.15) is 0 Å². The standard InChI is InChI=1S/C14H13ClN4O/c1-9-10(2)19-12(17-18-14(19)13(15)16-9)8-20-11-6-4-3-5-7-11/h3-7H,8H2,1-2H3. The SMILES string of the molecule is Cc1nc(Cl)c2nnc(COc3ccccc3)n2c1C. The Morgan fingerprint density at radius 1 is 1.15 bits per heavy atom. The number of benzene rings is 1. The minimum atomic E-state index is 0.325. The van der Waals surface area contributed by atoms with E-state index in [4.69, 9.17) is 16.3 Å². The van der Waals surface area contributed by atoms with Gasteiger partial charge in [-0.1, -0.05) is 29.8 Å². The summed E-state index contributed by atoms with van der Waals surface area (Å²) in [6, 6.07) is 9.59. The molecule has 0 unspecified atom stereocenters. The summed E-state index contributed by atoms with van der Waals surface area (Å²) in [7, 11) is 0. The molecule has 102 valence electrons. The van der Waals surface area contributed by atoms with E-state index < -0.39 is 0 Å². The minimum Gasteiger partial charge on any atom is -0.486 e. The highest BCUT2D eigenvalue weighted by atomic mass is 35.5. The summed E-state index contributed by atoms with van der Waals surface area (Å²) in [4.78, 5) is 4.23. The van der Waals surface area contributed by atoms with Crippen LogP contribution in [0.5, 0.6) is 5.75 Å². The van der Waals surface area contributed by atoms with Gasteiger partial charge in [0.2, 0.25) is 0 Å². The topological polar surface area (TPSA) is 52.3 Å². The molecule has 0 bridgehead atoms. The summed E-state index contributed by atoms with van der Waals surface area (Å²) in [5, 5.41) is 8.56. The summed E-state index contributed by atoms with van der Waals surface area (Å²) in [5.41, 5.74) is 2.37. The zero-order chi connectivity index (χ0) is 14.1. The minimum absolute atomic E-state index is 0.325. The second-order valence-corrected chi connectivity index (χ2v) is 4.81. The monoisotopic (exact) mass is 288 g/mol. The van der Waals surface area contributed by atoms with E-state index in [1.165, 1.54) is 0 Å². The molecule has 0 saturated heterocycles. The Morgan fingerprint density at radius 3 is 2.65 bits per heavy atom. The van der Waals surface area contributed by atoms with Crippen molar-refractivity contribution in [1.29, 1.82) is 0 Å². The molecule has 0 atom stereocenters. The first-order valence-corrected chi connectivity index (χ1v) is 6.59. The summed E-state index contributed by atoms with van der Waals surface area (Å²) in [5.74, 6) is 1.49. The maximum atomic E-state index is 6.09. The molecule has 3 aromatic rings. The lowest BCUT2D eigenvalue weighted by molar-refractivity contribution is 0.294. The molecule has 2 aromatic heterocycles. The van der Waals surface area contributed by atoms with E-state index in [1.54, 1.807) is 0 Å². The molecule has 20 heavy (non-hydrogen) atoms. The van der Waals surface area contributed by atoms with E-state index in [9.17, 15) is 0 Å². The van der Waals surface area contributed by atoms with Crippen LogP contribution in [0.25, 0.3) is 5.65 Å². The Labute approximate surface area is 121 Å². The number of aryl methyl sites for hydroxylation is 2. The van der Waals surface area contributed by atoms with Crippen LogP contribution in [0.1, 0.15) is 17.2 Å². The van der Waals surface area contributed by atoms with E-state index in [-0.39, 0.29) is 0 Å². The second-order valence-electron chi connectivity index (χ2n) is 4.45. The highest BCUT2D eigenvalue weighted by Crippen LogP contribution is 2.19. The smallest absolute Gasteiger partial charge is 0.198 e. The predicted octanol–water partition coefficient (Wildman–Crippen LogP) is 2.97. The van der Waals surface area contributed by atoms with Crippen molar-refractivity contribution in [3.8, 4) is 5.75 Å². The van der Waals surface area contributed by atoms with Gasteiger partial charge >= 0.3 is 0 Å². The van der Waals surface area contributed by atoms with E-state index in [2.05, 4.69) is 15.2 Å². The molecular formula is C14H13ClN4O. The Morgan fingerprint density at radius 2 is 1.90 bits per heavy atom. The number of rotatable bonds is 3. The molecule has 2 heterocycles. The third-order valence-electron chi connectivity index (χ3n) is 3.15. The molecule has 0 radical (unpaired) electrons. The first kappa shape index (κ1) is 12.9. The van der Waals surface area contributed by atoms with Crippen molar-refractivity contribution in [3.63, 3.8) is 0 Å². The third-order valence-corrected chi connectivity index (χ3v) is 3.40. The van der Waals surface area contributed by atoms with Crippen molar-refractivity contribution in [2.24, 2.45) is 0 Å². The van der Waals surface area contributed by atoms with Crippen LogP contribution in [0.4, 0.5) is 0 Å². The lowest BCUT2D eigenvalue weighted by atomic mass is 10.3. The molecule has 0 N–H and O–H groups in total. The van der Waals surface area contributed by atoms with Gasteiger partial charge < -0.3 is 4.74 Å². The summed E-state index contributed by atoms with van der Waals surface area (Å²) >= 11 is 6.09. The number of fused-ring (bicyclic) bond motifs is 1. The molecule has 0 spiro atoms. The van der Waals surface area contributed by atoms with Crippen molar-refractivity contribution in [2.45, 2.75) is 20.5 Å². The number of hydrogen-bond donors (Lipinski definition) is 0. The van der Waals surface area contributed by atoms with Crippen molar-refractivity contribution in [2.75, 3.05) is 0 Å². The number of halogens is 1. The zero-order valence-electron chi connectivity index (χ0n) is 11.2. The lowest BCUT2D eigenvalue weighted by Gasteiger charge is -2.08. The maximum absolute atomic E-state index is 6.09. The average Bonchev–Trinajstić information content (AvgIpc) is 2.88. The molecule has 1 aromatic carbocycles. The van der Waals surface area contributed by atoms with Crippen LogP contribution in [0.3, 0.4) is 0 Å². The number of hydrogen-bond acceptors (Lipinski definition) is 4. The van der Waals surface area contributed by atoms with Crippen LogP contribution in [-0.2, 0) is 6.61 Å². The first-order chi connectivity index (χ1) is 9.66. The Balaban J connectivity index is 1.96. The molecule has 3 rings (SSSR count). The number of nitrogens with zero attached hydrogens (tertiary/aromatic N) is 4. The van der Waals surface area contributed by atoms with Gasteiger partial charge in [-0.3, -0.25) is 4.40 Å². The van der Waals surface area contributed by atoms with Crippen LogP contribution in [0.15, 0.2) is 30.3 Å². The fourth-order valence-electron chi connectivity index (χ4n) is 2.00. The zero-order valence-corrected chi connectivity index (χ0v) is 11.9. The fourth-order valence-corrected chi connectivity index (χ4v) is 2.25. The lowest BCUT2D eigenvalue weighted by Crippen LogP contribution is -2.06. The van der Waals surface area contributed by atoms with E-state index in [1.807, 2.05) is 48.6 Å². The van der Waals surface area contributed by atoms with Gasteiger partial charge in [-0.15, -0.1) is 10.2 Å². The summed E-state index contributed by atoms with van der Waals surface area (Å²) in [6.45, 7) is 4.19. The third kappa shape index (κ3) is 2.20. The molecule has 6 heteroatoms. The first-order valence-electron chi connectivity index (χ1n) is 6.21. The highest BCUT2D eigenvalue weighted by Gasteiger charge is 2.14. The number of para-hydroxylation sites is 1. The Kier molecular flexibility index (Phi) is 3.28. The summed E-state index contributed by atoms with van der Waals surface area (Å²) in [6.07, 6.45) is 0. The maximum Gasteiger partial charge on any atom is 0.198 e. The Hall–Kier alpha value is -2.14. The summed E-state index contributed by atoms with van der Waals surface area (Å²) < 4.78 is 7.59. The molecule has 0 saturated carbocycles. The van der Waals surface area contributed by atoms with Gasteiger partial charge in [0.1, 0.15) is 12.4 Å². The van der Waals surface area contributed by atoms with Crippen LogP contribution in [0.2, 0.25) is 5.15 Å². The molecule has 5 nitrogen and oxygen atoms in total. The molecule has 0 fully saturated rings. The highest BCUT2D eigenvalue weighted by molar-refractivity contribution is 6.32. The quantitative estimate of drug-likeness (QED) is 0.743. The van der Waals surface area contributed by atoms with Gasteiger partial charge in [0, 0.05) is 5.69 Å². The molecule has 0 aliphatic heterocycles. The predicted molar refractivity (Wildman–Crippen MR) is 76.0 cm³/mol. The van der Waals surface area contributed by atoms with Crippen LogP contribution >= 0.6 is 11.6 Å². The second kappa shape index (κ2) is 5.09. The van der Waals surface area contributed by atoms with Crippen LogP contribution < -0.4 is 4.74 Å². The van der Waals surface area contributed by atoms with Crippen LogP contribution in [-0.4, -0.2) is 19.6 Å². The van der Waals surface area contributed by atoms with E-state index in [0.29, 0.717) is 23.2 Å². The van der Waals surface area contributed by atoms with Crippen LogP contribution in [0, 0.1) is 13.8 Å². The van der Waals surface area contributed by atoms with Crippen molar-refractivity contribution in [3.05, 3.63) is 52.7 Å². The van der Waals surface area contributed by atoms with Gasteiger partial charge in [0.25, 0.3) is 0 Å². The van der Waals surface area contributed by atoms with Gasteiger partial charge in [0.05, 0.1) is 5.69 Å². The van der Waals surface area contributed by atoms with Gasteiger partial charge in [0.15, 0.2) is 16.6 Å². The fraction of sp³-hybridized carbons (Fsp3) is 0.214. The van der Waals surface area contributed by atoms with Gasteiger partial charge in [-0.05, 0) is 26.0 Å². The number of aromatic nitrogens is 4. The van der Waals surface area contributed by atoms with Crippen molar-refractivity contribution in [1.82, 2.24) is 19.6 Å². The van der Waals surface area contributed by atoms with E-state index in [0.717, 1.165) is 17.1 Å². The molecular weight excluding hydrogens is 276 g/mol. The van der Waals surface area contributed by atoms with Crippen molar-refractivity contribution < 1.29 is 4.74 Å². The van der Waals surface area contributed by atoms with Gasteiger partial charge in [-0.25, -0.2) is 4.98 Å². The molecule has 0 aliphatic carbocycles.